The molecule has 1 atom stereocenters. The molecular weight excluding hydrogens is 488 g/mol. The van der Waals surface area contributed by atoms with Crippen LogP contribution in [0, 0.1) is 0 Å². The summed E-state index contributed by atoms with van der Waals surface area (Å²) in [5.74, 6) is -0.644. The van der Waals surface area contributed by atoms with Crippen molar-refractivity contribution in [1.29, 1.82) is 0 Å². The van der Waals surface area contributed by atoms with Gasteiger partial charge in [-0.25, -0.2) is 22.3 Å². The van der Waals surface area contributed by atoms with Crippen molar-refractivity contribution in [2.24, 2.45) is 5.10 Å². The molecular formula is C24H30N4O5S2. The van der Waals surface area contributed by atoms with Gasteiger partial charge >= 0.3 is 0 Å². The number of benzene rings is 2. The van der Waals surface area contributed by atoms with Crippen LogP contribution < -0.4 is 5.43 Å². The summed E-state index contributed by atoms with van der Waals surface area (Å²) >= 11 is 0. The molecule has 2 aromatic carbocycles. The molecule has 2 fully saturated rings. The monoisotopic (exact) mass is 518 g/mol. The molecule has 0 radical (unpaired) electrons. The van der Waals surface area contributed by atoms with E-state index in [-0.39, 0.29) is 29.4 Å². The Morgan fingerprint density at radius 2 is 1.31 bits per heavy atom. The minimum Gasteiger partial charge on any atom is -0.271 e. The second kappa shape index (κ2) is 11.0. The molecule has 1 aliphatic carbocycles. The van der Waals surface area contributed by atoms with Crippen LogP contribution in [-0.2, 0) is 24.8 Å². The Kier molecular flexibility index (Phi) is 8.00. The van der Waals surface area contributed by atoms with Gasteiger partial charge in [-0.15, -0.1) is 0 Å². The van der Waals surface area contributed by atoms with E-state index in [1.165, 1.54) is 28.6 Å². The molecule has 1 aliphatic heterocycles. The number of carbonyl (C=O) groups is 1. The maximum Gasteiger partial charge on any atom is 0.259 e. The molecule has 1 amide bonds. The number of amides is 1. The minimum atomic E-state index is -4.04. The molecule has 1 heterocycles. The van der Waals surface area contributed by atoms with E-state index >= 15 is 0 Å². The summed E-state index contributed by atoms with van der Waals surface area (Å²) in [5.41, 5.74) is 3.41. The molecule has 1 N–H and O–H groups in total. The van der Waals surface area contributed by atoms with Crippen molar-refractivity contribution in [3.8, 4) is 0 Å². The lowest BCUT2D eigenvalue weighted by molar-refractivity contribution is -0.125. The zero-order valence-electron chi connectivity index (χ0n) is 19.4. The van der Waals surface area contributed by atoms with Gasteiger partial charge < -0.3 is 0 Å². The van der Waals surface area contributed by atoms with E-state index in [1.807, 2.05) is 0 Å². The van der Waals surface area contributed by atoms with E-state index in [1.54, 1.807) is 36.4 Å². The second-order valence-corrected chi connectivity index (χ2v) is 12.5. The summed E-state index contributed by atoms with van der Waals surface area (Å²) in [6.07, 6.45) is 5.79. The van der Waals surface area contributed by atoms with Crippen molar-refractivity contribution in [1.82, 2.24) is 14.0 Å². The van der Waals surface area contributed by atoms with Gasteiger partial charge in [-0.3, -0.25) is 4.79 Å². The first-order valence-electron chi connectivity index (χ1n) is 11.8. The van der Waals surface area contributed by atoms with Crippen molar-refractivity contribution in [3.63, 3.8) is 0 Å². The van der Waals surface area contributed by atoms with Gasteiger partial charge in [0.25, 0.3) is 5.91 Å². The molecule has 9 nitrogen and oxygen atoms in total. The fraction of sp³-hybridized carbons (Fsp3) is 0.417. The van der Waals surface area contributed by atoms with Gasteiger partial charge in [-0.1, -0.05) is 49.2 Å². The van der Waals surface area contributed by atoms with Gasteiger partial charge in [0.2, 0.25) is 20.0 Å². The molecule has 11 heteroatoms. The predicted molar refractivity (Wildman–Crippen MR) is 133 cm³/mol. The molecule has 0 unspecified atom stereocenters. The highest BCUT2D eigenvalue weighted by molar-refractivity contribution is 7.89. The number of rotatable bonds is 6. The third-order valence-electron chi connectivity index (χ3n) is 6.33. The number of hydrogen-bond acceptors (Lipinski definition) is 6. The first-order valence-corrected chi connectivity index (χ1v) is 14.7. The normalized spacial score (nSPS) is 20.7. The molecule has 35 heavy (non-hydrogen) atoms. The van der Waals surface area contributed by atoms with Crippen LogP contribution >= 0.6 is 0 Å². The SMILES string of the molecule is O=C(NN=C1CCCCCC1)[C@@H]1CN(S(=O)(=O)c2ccccc2)CCN1S(=O)(=O)c1ccccc1. The number of hydrazone groups is 1. The molecule has 0 bridgehead atoms. The van der Waals surface area contributed by atoms with Crippen LogP contribution in [0.2, 0.25) is 0 Å². The van der Waals surface area contributed by atoms with Crippen LogP contribution in [0.1, 0.15) is 38.5 Å². The van der Waals surface area contributed by atoms with Crippen molar-refractivity contribution >= 4 is 31.7 Å². The summed E-state index contributed by atoms with van der Waals surface area (Å²) in [5, 5.41) is 4.28. The standard InChI is InChI=1S/C24H30N4O5S2/c29-24(26-25-20-11-5-1-2-6-12-20)23-19-27(34(30,31)21-13-7-3-8-14-21)17-18-28(23)35(32,33)22-15-9-4-10-16-22/h3-4,7-10,13-16,23H,1-2,5-6,11-12,17-19H2,(H,26,29)/t23-/m0/s1. The Hall–Kier alpha value is -2.60. The molecule has 4 rings (SSSR count). The van der Waals surface area contributed by atoms with Crippen LogP contribution in [-0.4, -0.2) is 62.7 Å². The van der Waals surface area contributed by atoms with E-state index in [2.05, 4.69) is 10.5 Å². The van der Waals surface area contributed by atoms with Crippen molar-refractivity contribution in [3.05, 3.63) is 60.7 Å². The van der Waals surface area contributed by atoms with Gasteiger partial charge in [-0.05, 0) is 49.9 Å². The lowest BCUT2D eigenvalue weighted by Crippen LogP contribution is -2.60. The Bertz CT molecular complexity index is 1260. The zero-order chi connectivity index (χ0) is 24.9. The highest BCUT2D eigenvalue weighted by atomic mass is 32.2. The van der Waals surface area contributed by atoms with E-state index in [0.717, 1.165) is 48.5 Å². The molecule has 0 spiro atoms. The van der Waals surface area contributed by atoms with Gasteiger partial charge in [-0.2, -0.15) is 13.7 Å². The topological polar surface area (TPSA) is 116 Å². The Labute approximate surface area is 206 Å². The molecule has 1 saturated carbocycles. The number of carbonyl (C=O) groups excluding carboxylic acids is 1. The average Bonchev–Trinajstić information content (AvgIpc) is 3.17. The van der Waals surface area contributed by atoms with E-state index in [0.29, 0.717) is 0 Å². The van der Waals surface area contributed by atoms with Crippen molar-refractivity contribution in [2.45, 2.75) is 54.4 Å². The fourth-order valence-corrected chi connectivity index (χ4v) is 7.44. The lowest BCUT2D eigenvalue weighted by Gasteiger charge is -2.38. The zero-order valence-corrected chi connectivity index (χ0v) is 21.0. The molecule has 1 saturated heterocycles. The quantitative estimate of drug-likeness (QED) is 0.466. The lowest BCUT2D eigenvalue weighted by atomic mass is 10.2. The second-order valence-electron chi connectivity index (χ2n) is 8.69. The highest BCUT2D eigenvalue weighted by Gasteiger charge is 2.43. The molecule has 188 valence electrons. The third kappa shape index (κ3) is 5.80. The third-order valence-corrected chi connectivity index (χ3v) is 10.1. The maximum atomic E-state index is 13.4. The van der Waals surface area contributed by atoms with E-state index < -0.39 is 32.0 Å². The summed E-state index contributed by atoms with van der Waals surface area (Å²) in [4.78, 5) is 13.4. The van der Waals surface area contributed by atoms with Crippen molar-refractivity contribution in [2.75, 3.05) is 19.6 Å². The summed E-state index contributed by atoms with van der Waals surface area (Å²) < 4.78 is 55.5. The smallest absolute Gasteiger partial charge is 0.259 e. The Balaban J connectivity index is 1.63. The van der Waals surface area contributed by atoms with Gasteiger partial charge in [0.05, 0.1) is 9.79 Å². The van der Waals surface area contributed by atoms with Crippen LogP contribution in [0.15, 0.2) is 75.6 Å². The first kappa shape index (κ1) is 25.5. The van der Waals surface area contributed by atoms with Crippen LogP contribution in [0.4, 0.5) is 0 Å². The van der Waals surface area contributed by atoms with Gasteiger partial charge in [0, 0.05) is 25.3 Å². The van der Waals surface area contributed by atoms with Gasteiger partial charge in [0.1, 0.15) is 6.04 Å². The summed E-state index contributed by atoms with van der Waals surface area (Å²) in [6.45, 7) is -0.528. The number of nitrogens with zero attached hydrogens (tertiary/aromatic N) is 3. The Morgan fingerprint density at radius 1 is 0.771 bits per heavy atom. The van der Waals surface area contributed by atoms with E-state index in [9.17, 15) is 21.6 Å². The summed E-state index contributed by atoms with van der Waals surface area (Å²) in [7, 11) is -7.94. The summed E-state index contributed by atoms with van der Waals surface area (Å²) in [6, 6.07) is 14.5. The fourth-order valence-electron chi connectivity index (χ4n) is 4.39. The maximum absolute atomic E-state index is 13.4. The average molecular weight is 519 g/mol. The first-order chi connectivity index (χ1) is 16.8. The molecule has 0 aromatic heterocycles. The van der Waals surface area contributed by atoms with E-state index in [4.69, 9.17) is 0 Å². The molecule has 2 aromatic rings. The number of nitrogens with one attached hydrogen (secondary N) is 1. The molecule has 2 aliphatic rings. The van der Waals surface area contributed by atoms with Gasteiger partial charge in [0.15, 0.2) is 0 Å². The number of sulfonamides is 2. The highest BCUT2D eigenvalue weighted by Crippen LogP contribution is 2.25. The Morgan fingerprint density at radius 3 is 1.89 bits per heavy atom. The van der Waals surface area contributed by atoms with Crippen LogP contribution in [0.25, 0.3) is 0 Å². The predicted octanol–water partition coefficient (Wildman–Crippen LogP) is 2.58. The van der Waals surface area contributed by atoms with Crippen LogP contribution in [0.5, 0.6) is 0 Å². The minimum absolute atomic E-state index is 0.0484. The van der Waals surface area contributed by atoms with Crippen molar-refractivity contribution < 1.29 is 21.6 Å². The van der Waals surface area contributed by atoms with Crippen LogP contribution in [0.3, 0.4) is 0 Å². The largest absolute Gasteiger partial charge is 0.271 e. The number of piperazine rings is 1. The number of hydrogen-bond donors (Lipinski definition) is 1.